The second-order valence-electron chi connectivity index (χ2n) is 6.90. The standard InChI is InChI=1S/C22H27N5O/c1-4-6-19(17-7-5-12-24-13-17)26-22-15(2)25-14-20(27-22)16-8-10-18(23)21(28-3)11-9-16/h5,7-8,10,12-15,19,21-22,26H,4,6,23H2,1-3H3. The summed E-state index contributed by atoms with van der Waals surface area (Å²) >= 11 is 0. The van der Waals surface area contributed by atoms with Gasteiger partial charge in [0.25, 0.3) is 0 Å². The second kappa shape index (κ2) is 9.45. The first kappa shape index (κ1) is 20.0. The van der Waals surface area contributed by atoms with Crippen molar-refractivity contribution in [1.82, 2.24) is 10.3 Å². The Morgan fingerprint density at radius 3 is 2.93 bits per heavy atom. The van der Waals surface area contributed by atoms with Crippen molar-refractivity contribution >= 4 is 11.9 Å². The van der Waals surface area contributed by atoms with Crippen molar-refractivity contribution in [3.05, 3.63) is 53.5 Å². The van der Waals surface area contributed by atoms with Crippen molar-refractivity contribution in [3.63, 3.8) is 0 Å². The zero-order valence-electron chi connectivity index (χ0n) is 16.6. The number of nitrogens with two attached hydrogens (primary N) is 1. The summed E-state index contributed by atoms with van der Waals surface area (Å²) in [6.07, 6.45) is 10.7. The molecule has 0 saturated heterocycles. The van der Waals surface area contributed by atoms with Crippen LogP contribution in [0.4, 0.5) is 0 Å². The molecule has 0 spiro atoms. The molecule has 6 nitrogen and oxygen atoms in total. The average molecular weight is 377 g/mol. The molecular weight excluding hydrogens is 350 g/mol. The first-order valence-electron chi connectivity index (χ1n) is 9.61. The van der Waals surface area contributed by atoms with Crippen LogP contribution in [0.5, 0.6) is 0 Å². The highest BCUT2D eigenvalue weighted by Gasteiger charge is 2.24. The molecule has 0 fully saturated rings. The maximum atomic E-state index is 5.99. The Kier molecular flexibility index (Phi) is 6.75. The summed E-state index contributed by atoms with van der Waals surface area (Å²) in [4.78, 5) is 13.8. The molecular formula is C22H27N5O. The fourth-order valence-corrected chi connectivity index (χ4v) is 3.18. The molecule has 0 saturated carbocycles. The number of methoxy groups -OCH3 is 1. The Hall–Kier alpha value is -2.75. The minimum Gasteiger partial charge on any atom is -0.399 e. The summed E-state index contributed by atoms with van der Waals surface area (Å²) in [6.45, 7) is 4.24. The monoisotopic (exact) mass is 377 g/mol. The van der Waals surface area contributed by atoms with Crippen LogP contribution in [0.25, 0.3) is 0 Å². The molecule has 1 aromatic rings. The normalized spacial score (nSPS) is 25.0. The molecule has 1 aliphatic heterocycles. The minimum absolute atomic E-state index is 0.0337. The lowest BCUT2D eigenvalue weighted by molar-refractivity contribution is 0.174. The number of nitrogens with zero attached hydrogens (tertiary/aromatic N) is 3. The number of hydrogen-bond acceptors (Lipinski definition) is 6. The van der Waals surface area contributed by atoms with Crippen molar-refractivity contribution in [2.24, 2.45) is 15.7 Å². The molecule has 6 heteroatoms. The predicted octanol–water partition coefficient (Wildman–Crippen LogP) is 2.55. The number of allylic oxidation sites excluding steroid dienone is 3. The number of pyridine rings is 1. The molecule has 4 unspecified atom stereocenters. The van der Waals surface area contributed by atoms with Crippen molar-refractivity contribution < 1.29 is 4.74 Å². The Morgan fingerprint density at radius 1 is 1.36 bits per heavy atom. The average Bonchev–Trinajstić information content (AvgIpc) is 2.91. The zero-order chi connectivity index (χ0) is 19.9. The van der Waals surface area contributed by atoms with Crippen molar-refractivity contribution in [2.45, 2.75) is 51.0 Å². The first-order chi connectivity index (χ1) is 13.6. The van der Waals surface area contributed by atoms with Crippen molar-refractivity contribution in [2.75, 3.05) is 7.11 Å². The lowest BCUT2D eigenvalue weighted by atomic mass is 10.0. The molecule has 2 heterocycles. The molecule has 146 valence electrons. The van der Waals surface area contributed by atoms with Gasteiger partial charge in [-0.1, -0.05) is 31.3 Å². The van der Waals surface area contributed by atoms with E-state index >= 15 is 0 Å². The van der Waals surface area contributed by atoms with Crippen LogP contribution in [0.2, 0.25) is 0 Å². The van der Waals surface area contributed by atoms with E-state index in [4.69, 9.17) is 15.5 Å². The summed E-state index contributed by atoms with van der Waals surface area (Å²) in [5, 5.41) is 3.65. The third-order valence-electron chi connectivity index (χ3n) is 4.80. The molecule has 28 heavy (non-hydrogen) atoms. The fraction of sp³-hybridized carbons (Fsp3) is 0.409. The van der Waals surface area contributed by atoms with Gasteiger partial charge in [0.15, 0.2) is 6.10 Å². The number of rotatable bonds is 7. The largest absolute Gasteiger partial charge is 0.399 e. The summed E-state index contributed by atoms with van der Waals surface area (Å²) in [5.74, 6) is 6.16. The molecule has 3 rings (SSSR count). The van der Waals surface area contributed by atoms with E-state index in [0.717, 1.165) is 29.7 Å². The molecule has 1 aromatic heterocycles. The SMILES string of the molecule is CCCC(NC1N=C(C2=CC=C(N)C(OC)C#C2)C=NC1C)c1cccnc1. The van der Waals surface area contributed by atoms with E-state index in [9.17, 15) is 0 Å². The van der Waals surface area contributed by atoms with Crippen LogP contribution >= 0.6 is 0 Å². The number of nitrogens with one attached hydrogen (secondary N) is 1. The molecule has 0 radical (unpaired) electrons. The van der Waals surface area contributed by atoms with Gasteiger partial charge in [-0.05, 0) is 37.1 Å². The molecule has 2 aliphatic rings. The van der Waals surface area contributed by atoms with Crippen molar-refractivity contribution in [1.29, 1.82) is 0 Å². The van der Waals surface area contributed by atoms with Gasteiger partial charge in [-0.25, -0.2) is 0 Å². The Bertz CT molecular complexity index is 860. The van der Waals surface area contributed by atoms with Gasteiger partial charge in [0.2, 0.25) is 0 Å². The quantitative estimate of drug-likeness (QED) is 0.715. The Balaban J connectivity index is 1.83. The van der Waals surface area contributed by atoms with Gasteiger partial charge in [-0.15, -0.1) is 0 Å². The fourth-order valence-electron chi connectivity index (χ4n) is 3.18. The second-order valence-corrected chi connectivity index (χ2v) is 6.90. The van der Waals surface area contributed by atoms with Gasteiger partial charge in [-0.3, -0.25) is 20.3 Å². The summed E-state index contributed by atoms with van der Waals surface area (Å²) in [6, 6.07) is 4.27. The van der Waals surface area contributed by atoms with Crippen LogP contribution in [0.1, 0.15) is 38.3 Å². The van der Waals surface area contributed by atoms with Gasteiger partial charge in [-0.2, -0.15) is 0 Å². The maximum Gasteiger partial charge on any atom is 0.157 e. The summed E-state index contributed by atoms with van der Waals surface area (Å²) in [5.41, 5.74) is 9.28. The van der Waals surface area contributed by atoms with Crippen LogP contribution in [-0.2, 0) is 4.74 Å². The number of aliphatic imine (C=N–C) groups is 2. The molecule has 1 aliphatic carbocycles. The van der Waals surface area contributed by atoms with Gasteiger partial charge in [0, 0.05) is 37.5 Å². The molecule has 0 amide bonds. The smallest absolute Gasteiger partial charge is 0.157 e. The minimum atomic E-state index is -0.401. The lowest BCUT2D eigenvalue weighted by Crippen LogP contribution is -2.41. The van der Waals surface area contributed by atoms with E-state index in [1.165, 1.54) is 0 Å². The van der Waals surface area contributed by atoms with Crippen LogP contribution in [-0.4, -0.2) is 42.3 Å². The van der Waals surface area contributed by atoms with E-state index in [-0.39, 0.29) is 18.2 Å². The van der Waals surface area contributed by atoms with E-state index in [2.05, 4.69) is 47.0 Å². The highest BCUT2D eigenvalue weighted by molar-refractivity contribution is 6.40. The van der Waals surface area contributed by atoms with Crippen LogP contribution in [0, 0.1) is 11.8 Å². The molecule has 0 bridgehead atoms. The van der Waals surface area contributed by atoms with Gasteiger partial charge < -0.3 is 10.5 Å². The topological polar surface area (TPSA) is 84.9 Å². The summed E-state index contributed by atoms with van der Waals surface area (Å²) < 4.78 is 5.29. The molecule has 3 N–H and O–H groups in total. The predicted molar refractivity (Wildman–Crippen MR) is 113 cm³/mol. The summed E-state index contributed by atoms with van der Waals surface area (Å²) in [7, 11) is 1.60. The number of aromatic nitrogens is 1. The Labute approximate surface area is 166 Å². The van der Waals surface area contributed by atoms with Crippen LogP contribution in [0.15, 0.2) is 57.9 Å². The third-order valence-corrected chi connectivity index (χ3v) is 4.80. The number of ether oxygens (including phenoxy) is 1. The van der Waals surface area contributed by atoms with E-state index < -0.39 is 6.10 Å². The van der Waals surface area contributed by atoms with E-state index in [0.29, 0.717) is 5.70 Å². The van der Waals surface area contributed by atoms with Crippen LogP contribution < -0.4 is 11.1 Å². The third kappa shape index (κ3) is 4.75. The zero-order valence-corrected chi connectivity index (χ0v) is 16.6. The van der Waals surface area contributed by atoms with E-state index in [1.807, 2.05) is 24.4 Å². The molecule has 4 atom stereocenters. The van der Waals surface area contributed by atoms with Gasteiger partial charge in [0.1, 0.15) is 6.17 Å². The molecule has 0 aromatic carbocycles. The highest BCUT2D eigenvalue weighted by Crippen LogP contribution is 2.21. The maximum absolute atomic E-state index is 5.99. The van der Waals surface area contributed by atoms with E-state index in [1.54, 1.807) is 19.5 Å². The van der Waals surface area contributed by atoms with Gasteiger partial charge in [0.05, 0.1) is 17.3 Å². The lowest BCUT2D eigenvalue weighted by Gasteiger charge is -2.28. The van der Waals surface area contributed by atoms with Crippen LogP contribution in [0.3, 0.4) is 0 Å². The van der Waals surface area contributed by atoms with Gasteiger partial charge >= 0.3 is 0 Å². The highest BCUT2D eigenvalue weighted by atomic mass is 16.5. The first-order valence-corrected chi connectivity index (χ1v) is 9.61. The van der Waals surface area contributed by atoms with Crippen molar-refractivity contribution in [3.8, 4) is 11.8 Å². The number of hydrogen-bond donors (Lipinski definition) is 2. The Morgan fingerprint density at radius 2 is 2.21 bits per heavy atom.